The minimum absolute atomic E-state index is 0.0342. The number of hydrogen-bond acceptors (Lipinski definition) is 14. The molecule has 0 unspecified atom stereocenters. The lowest BCUT2D eigenvalue weighted by atomic mass is 9.81. The number of nitrogens with one attached hydrogen (secondary N) is 5. The fraction of sp³-hybridized carbons (Fsp3) is 0.600. The van der Waals surface area contributed by atoms with Crippen molar-refractivity contribution in [1.29, 1.82) is 0 Å². The van der Waals surface area contributed by atoms with Gasteiger partial charge in [-0.2, -0.15) is 0 Å². The number of nitrogens with zero attached hydrogens (tertiary/aromatic N) is 4. The first-order valence-electron chi connectivity index (χ1n) is 25.1. The average Bonchev–Trinajstić information content (AvgIpc) is 3.34. The molecule has 1 aliphatic heterocycles. The maximum absolute atomic E-state index is 13.8. The zero-order chi connectivity index (χ0) is 54.2. The largest absolute Gasteiger partial charge is 0.481 e. The van der Waals surface area contributed by atoms with Gasteiger partial charge in [-0.1, -0.05) is 42.5 Å². The number of rotatable bonds is 27. The normalized spacial score (nSPS) is 18.8. The van der Waals surface area contributed by atoms with Crippen LogP contribution in [-0.4, -0.2) is 214 Å². The van der Waals surface area contributed by atoms with Crippen molar-refractivity contribution in [3.05, 3.63) is 48.0 Å². The number of benzene rings is 2. The van der Waals surface area contributed by atoms with Crippen LogP contribution in [0.2, 0.25) is 0 Å². The lowest BCUT2D eigenvalue weighted by molar-refractivity contribution is -0.141. The van der Waals surface area contributed by atoms with Gasteiger partial charge in [0.1, 0.15) is 23.9 Å². The van der Waals surface area contributed by atoms with Crippen LogP contribution in [0.1, 0.15) is 70.3 Å². The van der Waals surface area contributed by atoms with E-state index in [0.717, 1.165) is 16.3 Å². The van der Waals surface area contributed by atoms with Gasteiger partial charge >= 0.3 is 35.9 Å². The van der Waals surface area contributed by atoms with Gasteiger partial charge in [0.2, 0.25) is 17.7 Å². The maximum atomic E-state index is 13.8. The number of Topliss-reactive ketones (excluding diaryl/α,β-unsaturated/α-hetero) is 1. The highest BCUT2D eigenvalue weighted by Gasteiger charge is 2.31. The van der Waals surface area contributed by atoms with Crippen molar-refractivity contribution >= 4 is 70.2 Å². The second-order valence-electron chi connectivity index (χ2n) is 19.2. The van der Waals surface area contributed by atoms with Crippen molar-refractivity contribution in [3.63, 3.8) is 0 Å². The molecule has 2 aliphatic rings. The Kier molecular flexibility index (Phi) is 25.1. The number of carbonyl (C=O) groups is 10. The molecule has 408 valence electrons. The Balaban J connectivity index is 1.30. The minimum Gasteiger partial charge on any atom is -0.481 e. The summed E-state index contributed by atoms with van der Waals surface area (Å²) in [5.41, 5.74) is 0.813. The third kappa shape index (κ3) is 22.6. The zero-order valence-corrected chi connectivity index (χ0v) is 42.0. The van der Waals surface area contributed by atoms with Gasteiger partial charge in [0.15, 0.2) is 0 Å². The lowest BCUT2D eigenvalue weighted by Gasteiger charge is -2.33. The topological polar surface area (TPSA) is 345 Å². The molecule has 0 spiro atoms. The Morgan fingerprint density at radius 3 is 1.62 bits per heavy atom. The number of amides is 5. The molecule has 0 radical (unpaired) electrons. The first-order valence-corrected chi connectivity index (χ1v) is 25.1. The van der Waals surface area contributed by atoms with Crippen molar-refractivity contribution in [1.82, 2.24) is 46.2 Å². The van der Waals surface area contributed by atoms with Crippen LogP contribution in [0.3, 0.4) is 0 Å². The van der Waals surface area contributed by atoms with Crippen LogP contribution in [0.25, 0.3) is 10.8 Å². The van der Waals surface area contributed by atoms with Crippen molar-refractivity contribution < 1.29 is 73.5 Å². The molecule has 1 heterocycles. The van der Waals surface area contributed by atoms with Crippen molar-refractivity contribution in [2.45, 2.75) is 89.3 Å². The SMILES string of the molecule is CC(=O)CN1CCN(CC(=O)O)CCN(CC(=O)O)CCN(CC(=O)NCC2CCC(C(=O)N[C@@H](Cc3ccc4ccccc4c3)C(=O)NCCCC[C@H](NC(=O)N[C@@H](CCC(=O)O)C(=O)O)C(=O)O)CC2)CC1. The van der Waals surface area contributed by atoms with Crippen LogP contribution >= 0.6 is 0 Å². The van der Waals surface area contributed by atoms with Crippen LogP contribution in [-0.2, 0) is 49.6 Å². The molecule has 10 N–H and O–H groups in total. The Labute approximate surface area is 429 Å². The lowest BCUT2D eigenvalue weighted by Crippen LogP contribution is -2.51. The molecule has 1 saturated carbocycles. The number of carboxylic acids is 5. The summed E-state index contributed by atoms with van der Waals surface area (Å²) in [6.07, 6.45) is 2.05. The van der Waals surface area contributed by atoms with E-state index in [1.165, 1.54) is 6.92 Å². The zero-order valence-electron chi connectivity index (χ0n) is 42.0. The summed E-state index contributed by atoms with van der Waals surface area (Å²) in [7, 11) is 0. The van der Waals surface area contributed by atoms with Gasteiger partial charge in [-0.05, 0) is 80.5 Å². The van der Waals surface area contributed by atoms with E-state index in [-0.39, 0.29) is 81.4 Å². The molecule has 1 saturated heterocycles. The molecular weight excluding hydrogens is 967 g/mol. The number of fused-ring (bicyclic) bond motifs is 1. The van der Waals surface area contributed by atoms with E-state index in [1.807, 2.05) is 52.3 Å². The predicted octanol–water partition coefficient (Wildman–Crippen LogP) is 0.126. The number of aliphatic carboxylic acids is 5. The third-order valence-corrected chi connectivity index (χ3v) is 13.2. The van der Waals surface area contributed by atoms with Crippen LogP contribution in [0.4, 0.5) is 4.79 Å². The Morgan fingerprint density at radius 1 is 0.568 bits per heavy atom. The maximum Gasteiger partial charge on any atom is 0.326 e. The third-order valence-electron chi connectivity index (χ3n) is 13.2. The Bertz CT molecular complexity index is 2230. The highest BCUT2D eigenvalue weighted by molar-refractivity contribution is 5.90. The second-order valence-corrected chi connectivity index (χ2v) is 19.2. The van der Waals surface area contributed by atoms with Crippen LogP contribution in [0, 0.1) is 11.8 Å². The van der Waals surface area contributed by atoms with E-state index in [4.69, 9.17) is 5.11 Å². The highest BCUT2D eigenvalue weighted by Crippen LogP contribution is 2.29. The van der Waals surface area contributed by atoms with Crippen LogP contribution in [0.15, 0.2) is 42.5 Å². The summed E-state index contributed by atoms with van der Waals surface area (Å²) < 4.78 is 0. The molecule has 0 aromatic heterocycles. The van der Waals surface area contributed by atoms with E-state index >= 15 is 0 Å². The summed E-state index contributed by atoms with van der Waals surface area (Å²) in [4.78, 5) is 130. The molecule has 1 aliphatic carbocycles. The summed E-state index contributed by atoms with van der Waals surface area (Å²) in [5.74, 6) is -7.45. The monoisotopic (exact) mass is 1040 g/mol. The number of unbranched alkanes of at least 4 members (excludes halogenated alkanes) is 1. The van der Waals surface area contributed by atoms with E-state index in [2.05, 4.69) is 26.6 Å². The molecule has 2 fully saturated rings. The van der Waals surface area contributed by atoms with Gasteiger partial charge in [-0.3, -0.25) is 53.2 Å². The fourth-order valence-corrected chi connectivity index (χ4v) is 9.10. The number of ketones is 1. The van der Waals surface area contributed by atoms with Gasteiger partial charge in [0.25, 0.3) is 0 Å². The van der Waals surface area contributed by atoms with Crippen molar-refractivity contribution in [2.24, 2.45) is 11.8 Å². The average molecular weight is 1040 g/mol. The second kappa shape index (κ2) is 31.1. The van der Waals surface area contributed by atoms with Gasteiger partial charge in [0, 0.05) is 84.2 Å². The standard InChI is InChI=1S/C50H73N9O15/c1-33(60)29-56-18-20-57(21-23-59(32-45(66)67)25-24-58(22-19-56)31-44(64)65)30-42(61)52-28-34-9-13-37(14-10-34)46(68)53-41(27-35-11-12-36-6-2-3-7-38(36)26-35)47(69)51-17-5-4-8-39(48(70)71)54-50(74)55-40(49(72)73)15-16-43(62)63/h2-3,6-7,11-12,26,34,37,39-41H,4-5,8-10,13-25,27-32H2,1H3,(H,51,69)(H,52,61)(H,53,68)(H,62,63)(H,64,65)(H,66,67)(H,70,71)(H,72,73)(H2,54,55,74)/t34?,37?,39-,40-,41-/m0/s1. The summed E-state index contributed by atoms with van der Waals surface area (Å²) in [6, 6.07) is 8.52. The molecule has 5 amide bonds. The van der Waals surface area contributed by atoms with Crippen molar-refractivity contribution in [3.8, 4) is 0 Å². The van der Waals surface area contributed by atoms with Crippen molar-refractivity contribution in [2.75, 3.05) is 91.6 Å². The molecular formula is C50H73N9O15. The molecule has 3 atom stereocenters. The van der Waals surface area contributed by atoms with Gasteiger partial charge in [0.05, 0.1) is 26.2 Å². The molecule has 0 bridgehead atoms. The highest BCUT2D eigenvalue weighted by atomic mass is 16.4. The number of carboxylic acid groups (broad SMARTS) is 5. The summed E-state index contributed by atoms with van der Waals surface area (Å²) >= 11 is 0. The summed E-state index contributed by atoms with van der Waals surface area (Å²) in [5, 5.41) is 62.0. The van der Waals surface area contributed by atoms with Crippen LogP contribution < -0.4 is 26.6 Å². The number of urea groups is 1. The van der Waals surface area contributed by atoms with E-state index in [9.17, 15) is 68.4 Å². The first-order chi connectivity index (χ1) is 35.2. The van der Waals surface area contributed by atoms with Gasteiger partial charge < -0.3 is 52.1 Å². The quantitative estimate of drug-likeness (QED) is 0.0532. The first kappa shape index (κ1) is 59.8. The smallest absolute Gasteiger partial charge is 0.326 e. The van der Waals surface area contributed by atoms with E-state index < -0.39 is 72.8 Å². The van der Waals surface area contributed by atoms with Crippen LogP contribution in [0.5, 0.6) is 0 Å². The van der Waals surface area contributed by atoms with E-state index in [0.29, 0.717) is 91.0 Å². The van der Waals surface area contributed by atoms with E-state index in [1.54, 1.807) is 9.80 Å². The minimum atomic E-state index is -1.55. The molecule has 24 nitrogen and oxygen atoms in total. The molecule has 24 heteroatoms. The molecule has 2 aromatic carbocycles. The molecule has 4 rings (SSSR count). The summed E-state index contributed by atoms with van der Waals surface area (Å²) in [6.45, 7) is 4.62. The van der Waals surface area contributed by atoms with Gasteiger partial charge in [-0.25, -0.2) is 14.4 Å². The predicted molar refractivity (Wildman–Crippen MR) is 268 cm³/mol. The fourth-order valence-electron chi connectivity index (χ4n) is 9.10. The van der Waals surface area contributed by atoms with Gasteiger partial charge in [-0.15, -0.1) is 0 Å². The number of carbonyl (C=O) groups excluding carboxylic acids is 5. The Hall–Kier alpha value is -6.76. The Morgan fingerprint density at radius 2 is 1.09 bits per heavy atom. The number of hydrogen-bond donors (Lipinski definition) is 10. The molecule has 74 heavy (non-hydrogen) atoms. The molecule has 2 aromatic rings.